The number of hydrogen-bond acceptors (Lipinski definition) is 3. The molecule has 1 aliphatic carbocycles. The zero-order valence-electron chi connectivity index (χ0n) is 8.97. The third-order valence-electron chi connectivity index (χ3n) is 2.59. The largest absolute Gasteiger partial charge is 0.497 e. The van der Waals surface area contributed by atoms with Gasteiger partial charge in [0.1, 0.15) is 11.4 Å². The number of allylic oxidation sites excluding steroid dienone is 2. The Hall–Kier alpha value is -1.87. The molecule has 0 spiro atoms. The molecule has 82 valence electrons. The molecule has 0 bridgehead atoms. The minimum Gasteiger partial charge on any atom is -0.497 e. The molecule has 2 N–H and O–H groups in total. The standard InChI is InChI=1S/C13H13NO2/c1-16-12-4-2-10(3-5-12)13(15)8-6-11(14)7-9-13/h2-9,14-15H,1H3. The van der Waals surface area contributed by atoms with Gasteiger partial charge in [0, 0.05) is 0 Å². The van der Waals surface area contributed by atoms with Crippen molar-refractivity contribution in [1.82, 2.24) is 0 Å². The lowest BCUT2D eigenvalue weighted by molar-refractivity contribution is 0.143. The van der Waals surface area contributed by atoms with Gasteiger partial charge in [-0.25, -0.2) is 0 Å². The minimum absolute atomic E-state index is 0.387. The van der Waals surface area contributed by atoms with Crippen LogP contribution < -0.4 is 4.74 Å². The van der Waals surface area contributed by atoms with E-state index >= 15 is 0 Å². The topological polar surface area (TPSA) is 53.3 Å². The van der Waals surface area contributed by atoms with Crippen LogP contribution in [0.4, 0.5) is 0 Å². The molecule has 3 nitrogen and oxygen atoms in total. The van der Waals surface area contributed by atoms with E-state index in [1.165, 1.54) is 0 Å². The van der Waals surface area contributed by atoms with E-state index in [1.807, 2.05) is 12.1 Å². The Morgan fingerprint density at radius 1 is 1.12 bits per heavy atom. The maximum absolute atomic E-state index is 10.3. The molecule has 0 saturated heterocycles. The van der Waals surface area contributed by atoms with Crippen LogP contribution in [0.3, 0.4) is 0 Å². The fraction of sp³-hybridized carbons (Fsp3) is 0.154. The third-order valence-corrected chi connectivity index (χ3v) is 2.59. The molecule has 0 fully saturated rings. The van der Waals surface area contributed by atoms with Crippen molar-refractivity contribution in [2.45, 2.75) is 5.60 Å². The van der Waals surface area contributed by atoms with Crippen LogP contribution in [-0.4, -0.2) is 17.9 Å². The predicted molar refractivity (Wildman–Crippen MR) is 62.9 cm³/mol. The average Bonchev–Trinajstić information content (AvgIpc) is 2.33. The van der Waals surface area contributed by atoms with Gasteiger partial charge >= 0.3 is 0 Å². The number of benzene rings is 1. The van der Waals surface area contributed by atoms with Crippen molar-refractivity contribution < 1.29 is 9.84 Å². The van der Waals surface area contributed by atoms with E-state index < -0.39 is 5.60 Å². The number of nitrogens with one attached hydrogen (secondary N) is 1. The number of ether oxygens (including phenoxy) is 1. The summed E-state index contributed by atoms with van der Waals surface area (Å²) in [7, 11) is 1.60. The van der Waals surface area contributed by atoms with Gasteiger partial charge in [0.15, 0.2) is 0 Å². The highest BCUT2D eigenvalue weighted by Gasteiger charge is 2.24. The number of rotatable bonds is 2. The third kappa shape index (κ3) is 1.90. The Bertz CT molecular complexity index is 441. The fourth-order valence-electron chi connectivity index (χ4n) is 1.60. The van der Waals surface area contributed by atoms with Crippen molar-refractivity contribution in [2.75, 3.05) is 7.11 Å². The zero-order valence-corrected chi connectivity index (χ0v) is 8.97. The first-order valence-corrected chi connectivity index (χ1v) is 4.98. The summed E-state index contributed by atoms with van der Waals surface area (Å²) in [5.41, 5.74) is 0.0306. The maximum atomic E-state index is 10.3. The molecular weight excluding hydrogens is 202 g/mol. The van der Waals surface area contributed by atoms with Crippen LogP contribution in [0.2, 0.25) is 0 Å². The van der Waals surface area contributed by atoms with E-state index in [9.17, 15) is 5.11 Å². The molecule has 1 aromatic carbocycles. The quantitative estimate of drug-likeness (QED) is 0.793. The minimum atomic E-state index is -1.11. The van der Waals surface area contributed by atoms with E-state index in [0.29, 0.717) is 5.71 Å². The van der Waals surface area contributed by atoms with Gasteiger partial charge in [0.05, 0.1) is 12.8 Å². The summed E-state index contributed by atoms with van der Waals surface area (Å²) in [4.78, 5) is 0. The second-order valence-electron chi connectivity index (χ2n) is 3.68. The highest BCUT2D eigenvalue weighted by Crippen LogP contribution is 2.28. The lowest BCUT2D eigenvalue weighted by atomic mass is 9.89. The molecule has 16 heavy (non-hydrogen) atoms. The summed E-state index contributed by atoms with van der Waals surface area (Å²) < 4.78 is 5.05. The normalized spacial score (nSPS) is 23.5. The van der Waals surface area contributed by atoms with Gasteiger partial charge in [-0.2, -0.15) is 0 Å². The summed E-state index contributed by atoms with van der Waals surface area (Å²) >= 11 is 0. The first kappa shape index (κ1) is 10.6. The first-order valence-electron chi connectivity index (χ1n) is 4.98. The Labute approximate surface area is 94.2 Å². The van der Waals surface area contributed by atoms with Crippen molar-refractivity contribution in [3.8, 4) is 5.75 Å². The number of aliphatic hydroxyl groups is 1. The van der Waals surface area contributed by atoms with Gasteiger partial charge in [0.25, 0.3) is 0 Å². The summed E-state index contributed by atoms with van der Waals surface area (Å²) in [6.07, 6.45) is 6.39. The van der Waals surface area contributed by atoms with Gasteiger partial charge in [-0.3, -0.25) is 0 Å². The van der Waals surface area contributed by atoms with Crippen LogP contribution >= 0.6 is 0 Å². The fourth-order valence-corrected chi connectivity index (χ4v) is 1.60. The highest BCUT2D eigenvalue weighted by atomic mass is 16.5. The van der Waals surface area contributed by atoms with Crippen molar-refractivity contribution >= 4 is 5.71 Å². The molecular formula is C13H13NO2. The smallest absolute Gasteiger partial charge is 0.127 e. The molecule has 0 unspecified atom stereocenters. The Morgan fingerprint density at radius 3 is 2.19 bits per heavy atom. The van der Waals surface area contributed by atoms with Crippen LogP contribution in [0.5, 0.6) is 5.75 Å². The Kier molecular flexibility index (Phi) is 2.62. The van der Waals surface area contributed by atoms with Gasteiger partial charge < -0.3 is 15.3 Å². The summed E-state index contributed by atoms with van der Waals surface area (Å²) in [5.74, 6) is 0.754. The monoisotopic (exact) mass is 215 g/mol. The molecule has 0 saturated carbocycles. The molecule has 0 amide bonds. The van der Waals surface area contributed by atoms with E-state index in [2.05, 4.69) is 0 Å². The number of hydrogen-bond donors (Lipinski definition) is 2. The van der Waals surface area contributed by atoms with Crippen molar-refractivity contribution in [2.24, 2.45) is 0 Å². The predicted octanol–water partition coefficient (Wildman–Crippen LogP) is 2.03. The van der Waals surface area contributed by atoms with Crippen LogP contribution in [-0.2, 0) is 5.60 Å². The molecule has 0 aliphatic heterocycles. The Morgan fingerprint density at radius 2 is 1.69 bits per heavy atom. The van der Waals surface area contributed by atoms with Gasteiger partial charge in [0.2, 0.25) is 0 Å². The molecule has 1 aliphatic rings. The molecule has 0 heterocycles. The second kappa shape index (κ2) is 3.94. The van der Waals surface area contributed by atoms with Gasteiger partial charge in [-0.05, 0) is 42.0 Å². The average molecular weight is 215 g/mol. The maximum Gasteiger partial charge on any atom is 0.127 e. The molecule has 0 atom stereocenters. The van der Waals surface area contributed by atoms with Crippen molar-refractivity contribution in [3.05, 3.63) is 54.1 Å². The van der Waals surface area contributed by atoms with Gasteiger partial charge in [-0.1, -0.05) is 12.1 Å². The lowest BCUT2D eigenvalue weighted by Crippen LogP contribution is -2.22. The van der Waals surface area contributed by atoms with Crippen molar-refractivity contribution in [3.63, 3.8) is 0 Å². The van der Waals surface area contributed by atoms with E-state index in [-0.39, 0.29) is 0 Å². The van der Waals surface area contributed by atoms with Crippen LogP contribution in [0, 0.1) is 5.41 Å². The van der Waals surface area contributed by atoms with Gasteiger partial charge in [-0.15, -0.1) is 0 Å². The molecule has 1 aromatic rings. The number of methoxy groups -OCH3 is 1. The van der Waals surface area contributed by atoms with E-state index in [0.717, 1.165) is 11.3 Å². The van der Waals surface area contributed by atoms with Crippen LogP contribution in [0.25, 0.3) is 0 Å². The van der Waals surface area contributed by atoms with Crippen molar-refractivity contribution in [1.29, 1.82) is 5.41 Å². The van der Waals surface area contributed by atoms with E-state index in [4.69, 9.17) is 10.1 Å². The Balaban J connectivity index is 2.33. The van der Waals surface area contributed by atoms with Crippen LogP contribution in [0.1, 0.15) is 5.56 Å². The zero-order chi connectivity index (χ0) is 11.6. The molecule has 0 aromatic heterocycles. The SMILES string of the molecule is COc1ccc(C2(O)C=CC(=N)C=C2)cc1. The molecule has 0 radical (unpaired) electrons. The molecule has 2 rings (SSSR count). The van der Waals surface area contributed by atoms with Crippen LogP contribution in [0.15, 0.2) is 48.6 Å². The first-order chi connectivity index (χ1) is 7.64. The second-order valence-corrected chi connectivity index (χ2v) is 3.68. The lowest BCUT2D eigenvalue weighted by Gasteiger charge is -2.23. The highest BCUT2D eigenvalue weighted by molar-refractivity contribution is 6.02. The molecule has 3 heteroatoms. The summed E-state index contributed by atoms with van der Waals surface area (Å²) in [5, 5.41) is 17.7. The summed E-state index contributed by atoms with van der Waals surface area (Å²) in [6, 6.07) is 7.22. The summed E-state index contributed by atoms with van der Waals surface area (Å²) in [6.45, 7) is 0. The van der Waals surface area contributed by atoms with E-state index in [1.54, 1.807) is 43.5 Å².